The highest BCUT2D eigenvalue weighted by Crippen LogP contribution is 2.27. The lowest BCUT2D eigenvalue weighted by molar-refractivity contribution is 0.102. The van der Waals surface area contributed by atoms with E-state index in [-0.39, 0.29) is 12.5 Å². The molecule has 4 aromatic rings. The number of hydrogen-bond acceptors (Lipinski definition) is 6. The van der Waals surface area contributed by atoms with Crippen molar-refractivity contribution in [1.82, 2.24) is 19.5 Å². The second kappa shape index (κ2) is 7.14. The Kier molecular flexibility index (Phi) is 4.63. The standard InChI is InChI=1S/C21H21N5O3/c1-13-7-8-14(18-24-20(29-25-18)21(2,3)12-27)10-15(13)23-19(28)16-11-22-17-6-4-5-9-26(16)17/h4-11,27H,12H2,1-3H3,(H,23,28). The molecule has 0 aliphatic rings. The molecule has 8 nitrogen and oxygen atoms in total. The number of nitrogens with one attached hydrogen (secondary N) is 1. The summed E-state index contributed by atoms with van der Waals surface area (Å²) in [5, 5.41) is 16.4. The third-order valence-corrected chi connectivity index (χ3v) is 4.79. The predicted molar refractivity (Wildman–Crippen MR) is 108 cm³/mol. The molecule has 29 heavy (non-hydrogen) atoms. The molecule has 0 aliphatic carbocycles. The highest BCUT2D eigenvalue weighted by molar-refractivity contribution is 6.04. The molecule has 0 radical (unpaired) electrons. The number of carbonyl (C=O) groups is 1. The highest BCUT2D eigenvalue weighted by atomic mass is 16.5. The molecule has 0 saturated heterocycles. The summed E-state index contributed by atoms with van der Waals surface area (Å²) in [7, 11) is 0. The molecule has 0 spiro atoms. The summed E-state index contributed by atoms with van der Waals surface area (Å²) < 4.78 is 7.05. The minimum Gasteiger partial charge on any atom is -0.395 e. The number of imidazole rings is 1. The zero-order valence-corrected chi connectivity index (χ0v) is 16.4. The van der Waals surface area contributed by atoms with Gasteiger partial charge in [0, 0.05) is 17.4 Å². The van der Waals surface area contributed by atoms with E-state index in [1.54, 1.807) is 22.9 Å². The Morgan fingerprint density at radius 1 is 1.28 bits per heavy atom. The fourth-order valence-corrected chi connectivity index (χ4v) is 2.87. The summed E-state index contributed by atoms with van der Waals surface area (Å²) in [6.07, 6.45) is 3.34. The molecule has 1 aromatic carbocycles. The number of rotatable bonds is 5. The molecule has 1 amide bonds. The summed E-state index contributed by atoms with van der Waals surface area (Å²) in [6.45, 7) is 5.44. The summed E-state index contributed by atoms with van der Waals surface area (Å²) >= 11 is 0. The summed E-state index contributed by atoms with van der Waals surface area (Å²) in [5.74, 6) is 0.484. The summed E-state index contributed by atoms with van der Waals surface area (Å²) in [5.41, 5.74) is 2.76. The van der Waals surface area contributed by atoms with Gasteiger partial charge in [0.05, 0.1) is 18.2 Å². The van der Waals surface area contributed by atoms with E-state index in [4.69, 9.17) is 4.52 Å². The van der Waals surface area contributed by atoms with Crippen molar-refractivity contribution in [2.75, 3.05) is 11.9 Å². The molecule has 0 unspecified atom stereocenters. The molecule has 8 heteroatoms. The monoisotopic (exact) mass is 391 g/mol. The van der Waals surface area contributed by atoms with Gasteiger partial charge in [-0.25, -0.2) is 4.98 Å². The van der Waals surface area contributed by atoms with E-state index in [9.17, 15) is 9.90 Å². The first-order valence-corrected chi connectivity index (χ1v) is 9.18. The Bertz CT molecular complexity index is 1190. The highest BCUT2D eigenvalue weighted by Gasteiger charge is 2.27. The van der Waals surface area contributed by atoms with Gasteiger partial charge in [-0.15, -0.1) is 0 Å². The largest absolute Gasteiger partial charge is 0.395 e. The molecule has 148 valence electrons. The second-order valence-electron chi connectivity index (χ2n) is 7.52. The lowest BCUT2D eigenvalue weighted by Gasteiger charge is -2.14. The molecule has 4 rings (SSSR count). The first-order valence-electron chi connectivity index (χ1n) is 9.18. The SMILES string of the molecule is Cc1ccc(-c2noc(C(C)(C)CO)n2)cc1NC(=O)c1cnc2ccccn12. The molecule has 2 N–H and O–H groups in total. The third-order valence-electron chi connectivity index (χ3n) is 4.79. The fourth-order valence-electron chi connectivity index (χ4n) is 2.87. The maximum atomic E-state index is 12.8. The molecular weight excluding hydrogens is 370 g/mol. The average Bonchev–Trinajstić information content (AvgIpc) is 3.37. The van der Waals surface area contributed by atoms with Crippen molar-refractivity contribution in [3.63, 3.8) is 0 Å². The molecule has 0 fully saturated rings. The maximum Gasteiger partial charge on any atom is 0.274 e. The number of aromatic nitrogens is 4. The van der Waals surface area contributed by atoms with Crippen LogP contribution in [-0.4, -0.2) is 37.1 Å². The number of aliphatic hydroxyl groups excluding tert-OH is 1. The van der Waals surface area contributed by atoms with Crippen LogP contribution in [0, 0.1) is 6.92 Å². The van der Waals surface area contributed by atoms with Crippen LogP contribution in [0.5, 0.6) is 0 Å². The van der Waals surface area contributed by atoms with Crippen molar-refractivity contribution in [3.05, 3.63) is 65.9 Å². The van der Waals surface area contributed by atoms with Gasteiger partial charge in [-0.05, 0) is 44.5 Å². The smallest absolute Gasteiger partial charge is 0.274 e. The van der Waals surface area contributed by atoms with E-state index in [0.29, 0.717) is 34.3 Å². The molecule has 3 heterocycles. The van der Waals surface area contributed by atoms with Crippen molar-refractivity contribution in [2.24, 2.45) is 0 Å². The van der Waals surface area contributed by atoms with Gasteiger partial charge in [0.2, 0.25) is 11.7 Å². The number of amides is 1. The number of hydrogen-bond donors (Lipinski definition) is 2. The lowest BCUT2D eigenvalue weighted by Crippen LogP contribution is -2.22. The van der Waals surface area contributed by atoms with Gasteiger partial charge >= 0.3 is 0 Å². The Balaban J connectivity index is 1.63. The lowest BCUT2D eigenvalue weighted by atomic mass is 9.95. The van der Waals surface area contributed by atoms with Gasteiger partial charge in [0.1, 0.15) is 11.3 Å². The number of pyridine rings is 1. The molecule has 3 aromatic heterocycles. The number of fused-ring (bicyclic) bond motifs is 1. The first-order chi connectivity index (χ1) is 13.9. The van der Waals surface area contributed by atoms with Crippen molar-refractivity contribution in [1.29, 1.82) is 0 Å². The van der Waals surface area contributed by atoms with Gasteiger partial charge in [-0.1, -0.05) is 23.4 Å². The Labute approximate surface area is 167 Å². The van der Waals surface area contributed by atoms with Crippen LogP contribution in [0.25, 0.3) is 17.0 Å². The Morgan fingerprint density at radius 2 is 2.10 bits per heavy atom. The van der Waals surface area contributed by atoms with Crippen LogP contribution in [0.3, 0.4) is 0 Å². The second-order valence-corrected chi connectivity index (χ2v) is 7.52. The number of carbonyl (C=O) groups excluding carboxylic acids is 1. The summed E-state index contributed by atoms with van der Waals surface area (Å²) in [4.78, 5) is 21.5. The predicted octanol–water partition coefficient (Wildman–Crippen LogP) is 3.21. The maximum absolute atomic E-state index is 12.8. The normalized spacial score (nSPS) is 11.7. The van der Waals surface area contributed by atoms with Crippen LogP contribution in [0.15, 0.2) is 53.3 Å². The van der Waals surface area contributed by atoms with Gasteiger partial charge in [0.15, 0.2) is 0 Å². The quantitative estimate of drug-likeness (QED) is 0.541. The first kappa shape index (κ1) is 18.8. The molecule has 0 atom stereocenters. The number of aryl methyl sites for hydroxylation is 1. The third kappa shape index (κ3) is 3.50. The zero-order chi connectivity index (χ0) is 20.6. The van der Waals surface area contributed by atoms with Crippen LogP contribution in [-0.2, 0) is 5.41 Å². The number of aliphatic hydroxyl groups is 1. The van der Waals surface area contributed by atoms with E-state index in [1.807, 2.05) is 51.1 Å². The number of benzene rings is 1. The number of nitrogens with zero attached hydrogens (tertiary/aromatic N) is 4. The molecule has 0 saturated carbocycles. The van der Waals surface area contributed by atoms with Crippen molar-refractivity contribution < 1.29 is 14.4 Å². The van der Waals surface area contributed by atoms with Gasteiger partial charge in [-0.2, -0.15) is 4.98 Å². The van der Waals surface area contributed by atoms with Crippen molar-refractivity contribution in [3.8, 4) is 11.4 Å². The van der Waals surface area contributed by atoms with Crippen LogP contribution in [0.1, 0.15) is 35.8 Å². The van der Waals surface area contributed by atoms with E-state index in [0.717, 1.165) is 5.56 Å². The molecule has 0 bridgehead atoms. The number of anilines is 1. The van der Waals surface area contributed by atoms with Crippen molar-refractivity contribution in [2.45, 2.75) is 26.2 Å². The van der Waals surface area contributed by atoms with E-state index in [1.165, 1.54) is 0 Å². The minimum atomic E-state index is -0.629. The van der Waals surface area contributed by atoms with E-state index >= 15 is 0 Å². The average molecular weight is 391 g/mol. The topological polar surface area (TPSA) is 106 Å². The van der Waals surface area contributed by atoms with E-state index < -0.39 is 5.41 Å². The zero-order valence-electron chi connectivity index (χ0n) is 16.4. The van der Waals surface area contributed by atoms with Crippen LogP contribution < -0.4 is 5.32 Å². The molecular formula is C21H21N5O3. The van der Waals surface area contributed by atoms with Crippen LogP contribution >= 0.6 is 0 Å². The Hall–Kier alpha value is -3.52. The van der Waals surface area contributed by atoms with Gasteiger partial charge in [0.25, 0.3) is 5.91 Å². The minimum absolute atomic E-state index is 0.108. The van der Waals surface area contributed by atoms with Gasteiger partial charge < -0.3 is 14.9 Å². The van der Waals surface area contributed by atoms with E-state index in [2.05, 4.69) is 20.4 Å². The van der Waals surface area contributed by atoms with Crippen molar-refractivity contribution >= 4 is 17.2 Å². The van der Waals surface area contributed by atoms with Crippen LogP contribution in [0.4, 0.5) is 5.69 Å². The molecule has 0 aliphatic heterocycles. The van der Waals surface area contributed by atoms with Gasteiger partial charge in [-0.3, -0.25) is 9.20 Å². The fraction of sp³-hybridized carbons (Fsp3) is 0.238. The van der Waals surface area contributed by atoms with Crippen LogP contribution in [0.2, 0.25) is 0 Å². The summed E-state index contributed by atoms with van der Waals surface area (Å²) in [6, 6.07) is 11.1. The Morgan fingerprint density at radius 3 is 2.90 bits per heavy atom.